The first kappa shape index (κ1) is 18.3. The fraction of sp³-hybridized carbons (Fsp3) is 0.167. The molecule has 0 saturated carbocycles. The molecule has 0 aliphatic rings. The second-order valence-corrected chi connectivity index (χ2v) is 7.93. The number of halogens is 1. The first-order valence-electron chi connectivity index (χ1n) is 7.89. The van der Waals surface area contributed by atoms with Gasteiger partial charge in [0, 0.05) is 10.2 Å². The Balaban J connectivity index is 1.74. The Morgan fingerprint density at radius 2 is 2.08 bits per heavy atom. The van der Waals surface area contributed by atoms with Crippen LogP contribution in [-0.4, -0.2) is 16.9 Å². The zero-order chi connectivity index (χ0) is 18.7. The average molecular weight is 433 g/mol. The number of anilines is 1. The van der Waals surface area contributed by atoms with Crippen LogP contribution in [0.3, 0.4) is 0 Å². The quantitative estimate of drug-likeness (QED) is 0.565. The van der Waals surface area contributed by atoms with Gasteiger partial charge in [0.1, 0.15) is 0 Å². The van der Waals surface area contributed by atoms with Gasteiger partial charge >= 0.3 is 6.03 Å². The molecule has 4 N–H and O–H groups in total. The van der Waals surface area contributed by atoms with Gasteiger partial charge in [-0.05, 0) is 42.8 Å². The number of urea groups is 1. The molecule has 0 fully saturated rings. The lowest BCUT2D eigenvalue weighted by atomic mass is 10.0. The first-order valence-corrected chi connectivity index (χ1v) is 9.50. The number of rotatable bonds is 5. The van der Waals surface area contributed by atoms with E-state index in [1.807, 2.05) is 49.4 Å². The van der Waals surface area contributed by atoms with Gasteiger partial charge in [0.15, 0.2) is 0 Å². The average Bonchev–Trinajstić information content (AvgIpc) is 2.93. The van der Waals surface area contributed by atoms with Crippen LogP contribution in [0.2, 0.25) is 0 Å². The van der Waals surface area contributed by atoms with E-state index in [9.17, 15) is 9.59 Å². The molecule has 26 heavy (non-hydrogen) atoms. The van der Waals surface area contributed by atoms with Gasteiger partial charge in [0.25, 0.3) is 0 Å². The maximum absolute atomic E-state index is 12.5. The third kappa shape index (κ3) is 4.59. The molecule has 134 valence electrons. The molecule has 3 amide bonds. The van der Waals surface area contributed by atoms with Crippen molar-refractivity contribution in [2.75, 3.05) is 5.32 Å². The van der Waals surface area contributed by atoms with Gasteiger partial charge in [-0.15, -0.1) is 11.3 Å². The van der Waals surface area contributed by atoms with Crippen LogP contribution in [0.25, 0.3) is 10.2 Å². The molecule has 3 rings (SSSR count). The fourth-order valence-corrected chi connectivity index (χ4v) is 3.95. The summed E-state index contributed by atoms with van der Waals surface area (Å²) < 4.78 is 1.87. The zero-order valence-corrected chi connectivity index (χ0v) is 16.4. The maximum Gasteiger partial charge on any atom is 0.312 e. The van der Waals surface area contributed by atoms with Gasteiger partial charge in [-0.1, -0.05) is 28.1 Å². The van der Waals surface area contributed by atoms with Crippen molar-refractivity contribution in [1.82, 2.24) is 10.3 Å². The number of amides is 3. The van der Waals surface area contributed by atoms with Crippen molar-refractivity contribution in [2.24, 2.45) is 5.73 Å². The molecular formula is C18H17BrN4O2S. The van der Waals surface area contributed by atoms with Gasteiger partial charge in [0.2, 0.25) is 5.91 Å². The Hall–Kier alpha value is -2.45. The van der Waals surface area contributed by atoms with Crippen molar-refractivity contribution in [2.45, 2.75) is 19.4 Å². The van der Waals surface area contributed by atoms with Crippen LogP contribution in [0.4, 0.5) is 10.5 Å². The molecule has 1 aromatic heterocycles. The predicted octanol–water partition coefficient (Wildman–Crippen LogP) is 4.11. The van der Waals surface area contributed by atoms with Crippen molar-refractivity contribution in [3.05, 3.63) is 57.5 Å². The Morgan fingerprint density at radius 3 is 2.81 bits per heavy atom. The highest BCUT2D eigenvalue weighted by molar-refractivity contribution is 9.10. The van der Waals surface area contributed by atoms with Crippen LogP contribution in [-0.2, 0) is 4.79 Å². The number of carbonyl (C=O) groups is 2. The summed E-state index contributed by atoms with van der Waals surface area (Å²) >= 11 is 4.97. The molecule has 2 aromatic carbocycles. The van der Waals surface area contributed by atoms with E-state index in [1.165, 1.54) is 0 Å². The number of hydrogen-bond acceptors (Lipinski definition) is 4. The number of fused-ring (bicyclic) bond motifs is 1. The Bertz CT molecular complexity index is 973. The summed E-state index contributed by atoms with van der Waals surface area (Å²) in [5.74, 6) is -0.218. The molecule has 0 bridgehead atoms. The van der Waals surface area contributed by atoms with E-state index in [-0.39, 0.29) is 12.3 Å². The number of aromatic nitrogens is 1. The predicted molar refractivity (Wildman–Crippen MR) is 107 cm³/mol. The van der Waals surface area contributed by atoms with Gasteiger partial charge < -0.3 is 16.4 Å². The monoisotopic (exact) mass is 432 g/mol. The lowest BCUT2D eigenvalue weighted by molar-refractivity contribution is -0.116. The highest BCUT2D eigenvalue weighted by atomic mass is 79.9. The van der Waals surface area contributed by atoms with Crippen LogP contribution in [0, 0.1) is 6.92 Å². The summed E-state index contributed by atoms with van der Waals surface area (Å²) in [7, 11) is 0. The third-order valence-corrected chi connectivity index (χ3v) is 5.16. The van der Waals surface area contributed by atoms with Crippen LogP contribution in [0.5, 0.6) is 0 Å². The van der Waals surface area contributed by atoms with Crippen molar-refractivity contribution in [3.8, 4) is 0 Å². The van der Waals surface area contributed by atoms with Crippen molar-refractivity contribution < 1.29 is 9.59 Å². The van der Waals surface area contributed by atoms with E-state index >= 15 is 0 Å². The standard InChI is InChI=1S/C18H17BrN4O2S/c1-10-21-14-6-5-13(8-16(14)26-10)22-17(24)9-15(23-18(20)25)11-3-2-4-12(19)7-11/h2-8,15H,9H2,1H3,(H,22,24)(H3,20,23,25). The number of aryl methyl sites for hydroxylation is 1. The second kappa shape index (κ2) is 7.84. The maximum atomic E-state index is 12.5. The van der Waals surface area contributed by atoms with Crippen molar-refractivity contribution in [1.29, 1.82) is 0 Å². The molecule has 1 atom stereocenters. The largest absolute Gasteiger partial charge is 0.352 e. The molecule has 1 unspecified atom stereocenters. The van der Waals surface area contributed by atoms with Gasteiger partial charge in [-0.25, -0.2) is 9.78 Å². The van der Waals surface area contributed by atoms with E-state index in [0.717, 1.165) is 25.3 Å². The zero-order valence-electron chi connectivity index (χ0n) is 14.0. The lowest BCUT2D eigenvalue weighted by Crippen LogP contribution is -2.35. The molecule has 0 radical (unpaired) electrons. The Morgan fingerprint density at radius 1 is 1.27 bits per heavy atom. The molecule has 0 aliphatic carbocycles. The summed E-state index contributed by atoms with van der Waals surface area (Å²) in [5, 5.41) is 6.47. The Kier molecular flexibility index (Phi) is 5.53. The number of thiazole rings is 1. The minimum absolute atomic E-state index is 0.0686. The molecule has 8 heteroatoms. The Labute approximate surface area is 162 Å². The summed E-state index contributed by atoms with van der Waals surface area (Å²) in [5.41, 5.74) is 7.66. The summed E-state index contributed by atoms with van der Waals surface area (Å²) in [6.07, 6.45) is 0.0686. The minimum Gasteiger partial charge on any atom is -0.352 e. The van der Waals surface area contributed by atoms with E-state index < -0.39 is 12.1 Å². The second-order valence-electron chi connectivity index (χ2n) is 5.78. The highest BCUT2D eigenvalue weighted by Gasteiger charge is 2.18. The topological polar surface area (TPSA) is 97.1 Å². The molecule has 0 aliphatic heterocycles. The molecule has 0 saturated heterocycles. The SMILES string of the molecule is Cc1nc2ccc(NC(=O)CC(NC(N)=O)c3cccc(Br)c3)cc2s1. The summed E-state index contributed by atoms with van der Waals surface area (Å²) in [6.45, 7) is 1.95. The van der Waals surface area contributed by atoms with E-state index in [1.54, 1.807) is 11.3 Å². The summed E-state index contributed by atoms with van der Waals surface area (Å²) in [4.78, 5) is 28.2. The van der Waals surface area contributed by atoms with Crippen LogP contribution >= 0.6 is 27.3 Å². The molecule has 6 nitrogen and oxygen atoms in total. The first-order chi connectivity index (χ1) is 12.4. The summed E-state index contributed by atoms with van der Waals surface area (Å²) in [6, 6.07) is 11.8. The normalized spacial score (nSPS) is 11.9. The highest BCUT2D eigenvalue weighted by Crippen LogP contribution is 2.26. The van der Waals surface area contributed by atoms with Crippen LogP contribution < -0.4 is 16.4 Å². The number of nitrogens with two attached hydrogens (primary N) is 1. The molecule has 3 aromatic rings. The number of nitrogens with one attached hydrogen (secondary N) is 2. The third-order valence-electron chi connectivity index (χ3n) is 3.74. The van der Waals surface area contributed by atoms with E-state index in [0.29, 0.717) is 5.69 Å². The molecular weight excluding hydrogens is 416 g/mol. The van der Waals surface area contributed by atoms with Gasteiger partial charge in [0.05, 0.1) is 27.7 Å². The number of carbonyl (C=O) groups excluding carboxylic acids is 2. The fourth-order valence-electron chi connectivity index (χ4n) is 2.66. The van der Waals surface area contributed by atoms with E-state index in [4.69, 9.17) is 5.73 Å². The van der Waals surface area contributed by atoms with Crippen LogP contribution in [0.1, 0.15) is 23.0 Å². The van der Waals surface area contributed by atoms with Gasteiger partial charge in [-0.2, -0.15) is 0 Å². The number of hydrogen-bond donors (Lipinski definition) is 3. The molecule has 1 heterocycles. The van der Waals surface area contributed by atoms with Crippen molar-refractivity contribution in [3.63, 3.8) is 0 Å². The van der Waals surface area contributed by atoms with Crippen LogP contribution in [0.15, 0.2) is 46.9 Å². The van der Waals surface area contributed by atoms with Crippen molar-refractivity contribution >= 4 is 55.1 Å². The lowest BCUT2D eigenvalue weighted by Gasteiger charge is -2.18. The number of nitrogens with zero attached hydrogens (tertiary/aromatic N) is 1. The molecule has 0 spiro atoms. The van der Waals surface area contributed by atoms with E-state index in [2.05, 4.69) is 31.5 Å². The number of benzene rings is 2. The smallest absolute Gasteiger partial charge is 0.312 e. The number of primary amides is 1. The van der Waals surface area contributed by atoms with Gasteiger partial charge in [-0.3, -0.25) is 4.79 Å². The minimum atomic E-state index is -0.677.